The van der Waals surface area contributed by atoms with Crippen molar-refractivity contribution in [2.24, 2.45) is 0 Å². The van der Waals surface area contributed by atoms with Gasteiger partial charge in [0.2, 0.25) is 0 Å². The molecule has 2 N–H and O–H groups in total. The van der Waals surface area contributed by atoms with E-state index in [1.807, 2.05) is 30.9 Å². The van der Waals surface area contributed by atoms with Crippen LogP contribution in [0.1, 0.15) is 31.6 Å². The van der Waals surface area contributed by atoms with Gasteiger partial charge in [0, 0.05) is 17.8 Å². The second-order valence-corrected chi connectivity index (χ2v) is 7.99. The van der Waals surface area contributed by atoms with E-state index in [1.165, 1.54) is 16.9 Å². The summed E-state index contributed by atoms with van der Waals surface area (Å²) in [6.07, 6.45) is 0. The molecule has 1 atom stereocenters. The van der Waals surface area contributed by atoms with E-state index in [4.69, 9.17) is 0 Å². The number of likely N-dealkylation sites (N-methyl/N-ethyl adjacent to an activating group) is 1. The van der Waals surface area contributed by atoms with Crippen molar-refractivity contribution in [1.82, 2.24) is 10.2 Å². The quantitative estimate of drug-likeness (QED) is 0.629. The van der Waals surface area contributed by atoms with Crippen molar-refractivity contribution in [1.29, 1.82) is 0 Å². The molecule has 1 aromatic carbocycles. The Hall–Kier alpha value is -2.48. The van der Waals surface area contributed by atoms with Crippen LogP contribution in [0, 0.1) is 0 Å². The monoisotopic (exact) mass is 399 g/mol. The largest absolute Gasteiger partial charge is 0.350 e. The second kappa shape index (κ2) is 8.94. The van der Waals surface area contributed by atoms with Gasteiger partial charge in [-0.1, -0.05) is 12.1 Å². The lowest BCUT2D eigenvalue weighted by Gasteiger charge is -2.24. The molecule has 0 radical (unpaired) electrons. The minimum atomic E-state index is -0.173. The van der Waals surface area contributed by atoms with Crippen LogP contribution in [0.3, 0.4) is 0 Å². The molecule has 2 heterocycles. The summed E-state index contributed by atoms with van der Waals surface area (Å²) in [7, 11) is 3.99. The molecule has 7 heteroatoms. The Morgan fingerprint density at radius 3 is 2.59 bits per heavy atom. The van der Waals surface area contributed by atoms with E-state index in [9.17, 15) is 9.59 Å². The van der Waals surface area contributed by atoms with Crippen LogP contribution < -0.4 is 10.6 Å². The number of thiophene rings is 2. The number of rotatable bonds is 7. The maximum absolute atomic E-state index is 12.6. The van der Waals surface area contributed by atoms with Crippen molar-refractivity contribution >= 4 is 40.2 Å². The number of hydrogen-bond acceptors (Lipinski definition) is 5. The van der Waals surface area contributed by atoms with Crippen molar-refractivity contribution in [2.75, 3.05) is 26.0 Å². The highest BCUT2D eigenvalue weighted by Gasteiger charge is 2.16. The van der Waals surface area contributed by atoms with E-state index < -0.39 is 0 Å². The molecule has 27 heavy (non-hydrogen) atoms. The molecule has 0 aliphatic rings. The van der Waals surface area contributed by atoms with Crippen LogP contribution in [0.25, 0.3) is 0 Å². The molecule has 1 unspecified atom stereocenters. The van der Waals surface area contributed by atoms with Crippen LogP contribution in [0.15, 0.2) is 58.6 Å². The first-order valence-corrected chi connectivity index (χ1v) is 10.3. The Morgan fingerprint density at radius 2 is 1.93 bits per heavy atom. The van der Waals surface area contributed by atoms with E-state index in [0.29, 0.717) is 22.7 Å². The highest BCUT2D eigenvalue weighted by atomic mass is 32.1. The fraction of sp³-hybridized carbons (Fsp3) is 0.200. The smallest absolute Gasteiger partial charge is 0.265 e. The third-order valence-corrected chi connectivity index (χ3v) is 5.70. The van der Waals surface area contributed by atoms with Crippen LogP contribution in [-0.4, -0.2) is 37.4 Å². The van der Waals surface area contributed by atoms with Crippen molar-refractivity contribution in [3.63, 3.8) is 0 Å². The van der Waals surface area contributed by atoms with E-state index >= 15 is 0 Å². The van der Waals surface area contributed by atoms with Crippen LogP contribution in [0.4, 0.5) is 5.69 Å². The fourth-order valence-electron chi connectivity index (χ4n) is 2.69. The van der Waals surface area contributed by atoms with Crippen LogP contribution in [0.5, 0.6) is 0 Å². The summed E-state index contributed by atoms with van der Waals surface area (Å²) in [5.41, 5.74) is 2.30. The SMILES string of the molecule is CN(C)C(CNC(=O)c1cccc(NC(=O)c2cccs2)c1)c1ccsc1. The Morgan fingerprint density at radius 1 is 1.07 bits per heavy atom. The third-order valence-electron chi connectivity index (χ3n) is 4.13. The van der Waals surface area contributed by atoms with Crippen LogP contribution in [-0.2, 0) is 0 Å². The molecule has 0 saturated carbocycles. The molecular weight excluding hydrogens is 378 g/mol. The van der Waals surface area contributed by atoms with Crippen molar-refractivity contribution in [3.8, 4) is 0 Å². The van der Waals surface area contributed by atoms with Gasteiger partial charge in [-0.05, 0) is 66.1 Å². The Labute approximate surface area is 166 Å². The first-order valence-electron chi connectivity index (χ1n) is 8.46. The van der Waals surface area contributed by atoms with Gasteiger partial charge in [-0.15, -0.1) is 11.3 Å². The van der Waals surface area contributed by atoms with E-state index in [-0.39, 0.29) is 17.9 Å². The van der Waals surface area contributed by atoms with Gasteiger partial charge in [0.1, 0.15) is 0 Å². The average Bonchev–Trinajstić information content (AvgIpc) is 3.36. The lowest BCUT2D eigenvalue weighted by molar-refractivity contribution is 0.0940. The van der Waals surface area contributed by atoms with Crippen molar-refractivity contribution < 1.29 is 9.59 Å². The number of nitrogens with one attached hydrogen (secondary N) is 2. The van der Waals surface area contributed by atoms with Gasteiger partial charge in [0.25, 0.3) is 11.8 Å². The minimum absolute atomic E-state index is 0.113. The van der Waals surface area contributed by atoms with E-state index in [1.54, 1.807) is 41.7 Å². The average molecular weight is 400 g/mol. The van der Waals surface area contributed by atoms with E-state index in [0.717, 1.165) is 0 Å². The number of anilines is 1. The Bertz CT molecular complexity index is 890. The number of nitrogens with zero attached hydrogens (tertiary/aromatic N) is 1. The molecule has 3 rings (SSSR count). The molecule has 0 saturated heterocycles. The van der Waals surface area contributed by atoms with E-state index in [2.05, 4.69) is 27.0 Å². The Balaban J connectivity index is 1.64. The normalized spacial score (nSPS) is 12.0. The number of hydrogen-bond donors (Lipinski definition) is 2. The molecule has 0 bridgehead atoms. The Kier molecular flexibility index (Phi) is 6.39. The van der Waals surface area contributed by atoms with Crippen molar-refractivity contribution in [3.05, 3.63) is 74.6 Å². The van der Waals surface area contributed by atoms with Gasteiger partial charge in [-0.2, -0.15) is 11.3 Å². The zero-order valence-electron chi connectivity index (χ0n) is 15.1. The standard InChI is InChI=1S/C20H21N3O2S2/c1-23(2)17(15-8-10-26-13-15)12-21-19(24)14-5-3-6-16(11-14)22-20(25)18-7-4-9-27-18/h3-11,13,17H,12H2,1-2H3,(H,21,24)(H,22,25). The number of amides is 2. The van der Waals surface area contributed by atoms with Gasteiger partial charge in [-0.25, -0.2) is 0 Å². The highest BCUT2D eigenvalue weighted by molar-refractivity contribution is 7.12. The molecule has 2 aromatic heterocycles. The summed E-state index contributed by atoms with van der Waals surface area (Å²) in [6.45, 7) is 0.508. The van der Waals surface area contributed by atoms with Crippen LogP contribution >= 0.6 is 22.7 Å². The molecule has 0 aliphatic carbocycles. The summed E-state index contributed by atoms with van der Waals surface area (Å²) >= 11 is 3.02. The van der Waals surface area contributed by atoms with Crippen molar-refractivity contribution in [2.45, 2.75) is 6.04 Å². The molecule has 2 amide bonds. The first-order chi connectivity index (χ1) is 13.0. The zero-order valence-corrected chi connectivity index (χ0v) is 16.8. The first kappa shape index (κ1) is 19.3. The van der Waals surface area contributed by atoms with Gasteiger partial charge in [-0.3, -0.25) is 9.59 Å². The summed E-state index contributed by atoms with van der Waals surface area (Å²) in [5.74, 6) is -0.336. The third kappa shape index (κ3) is 5.03. The number of carbonyl (C=O) groups is 2. The topological polar surface area (TPSA) is 61.4 Å². The molecule has 140 valence electrons. The number of carbonyl (C=O) groups excluding carboxylic acids is 2. The maximum atomic E-state index is 12.6. The molecule has 0 aliphatic heterocycles. The highest BCUT2D eigenvalue weighted by Crippen LogP contribution is 2.20. The van der Waals surface area contributed by atoms with Gasteiger partial charge in [0.05, 0.1) is 10.9 Å². The minimum Gasteiger partial charge on any atom is -0.350 e. The summed E-state index contributed by atoms with van der Waals surface area (Å²) in [6, 6.07) is 12.8. The van der Waals surface area contributed by atoms with Gasteiger partial charge in [0.15, 0.2) is 0 Å². The van der Waals surface area contributed by atoms with Crippen LogP contribution in [0.2, 0.25) is 0 Å². The summed E-state index contributed by atoms with van der Waals surface area (Å²) < 4.78 is 0. The molecule has 3 aromatic rings. The molecule has 0 fully saturated rings. The fourth-order valence-corrected chi connectivity index (χ4v) is 4.02. The maximum Gasteiger partial charge on any atom is 0.265 e. The summed E-state index contributed by atoms with van der Waals surface area (Å²) in [4.78, 5) is 27.5. The molecular formula is C20H21N3O2S2. The number of benzene rings is 1. The molecule has 5 nitrogen and oxygen atoms in total. The zero-order chi connectivity index (χ0) is 19.2. The second-order valence-electron chi connectivity index (χ2n) is 6.26. The lowest BCUT2D eigenvalue weighted by Crippen LogP contribution is -2.34. The lowest BCUT2D eigenvalue weighted by atomic mass is 10.1. The predicted octanol–water partition coefficient (Wildman–Crippen LogP) is 4.09. The van der Waals surface area contributed by atoms with Gasteiger partial charge >= 0.3 is 0 Å². The molecule has 0 spiro atoms. The summed E-state index contributed by atoms with van der Waals surface area (Å²) in [5, 5.41) is 11.8. The van der Waals surface area contributed by atoms with Gasteiger partial charge < -0.3 is 15.5 Å². The predicted molar refractivity (Wildman–Crippen MR) is 112 cm³/mol.